The molecule has 2 heterocycles. The number of nitrogens with zero attached hydrogens (tertiary/aromatic N) is 1. The molecular weight excluding hydrogens is 753 g/mol. The van der Waals surface area contributed by atoms with Crippen LogP contribution in [0.2, 0.25) is 0 Å². The van der Waals surface area contributed by atoms with Gasteiger partial charge in [0.15, 0.2) is 10.6 Å². The number of hydrogen-bond donors (Lipinski definition) is 4. The van der Waals surface area contributed by atoms with Gasteiger partial charge in [0.2, 0.25) is 11.8 Å². The molecule has 7 rings (SSSR count). The molecule has 5 N–H and O–H groups in total. The molecule has 11 heteroatoms. The fraction of sp³-hybridized carbons (Fsp3) is 0.283. The number of ether oxygens (including phenoxy) is 2. The minimum absolute atomic E-state index is 0.00105. The third-order valence-electron chi connectivity index (χ3n) is 10.0. The maximum atomic E-state index is 12.6. The highest BCUT2D eigenvalue weighted by Crippen LogP contribution is 2.40. The lowest BCUT2D eigenvalue weighted by Gasteiger charge is -2.36. The minimum Gasteiger partial charge on any atom is -0.397 e. The van der Waals surface area contributed by atoms with Crippen LogP contribution >= 0.6 is 23.1 Å². The van der Waals surface area contributed by atoms with Crippen molar-refractivity contribution in [1.82, 2.24) is 10.3 Å². The van der Waals surface area contributed by atoms with E-state index in [-0.39, 0.29) is 30.6 Å². The van der Waals surface area contributed by atoms with Gasteiger partial charge in [-0.25, -0.2) is 4.98 Å². The second-order valence-electron chi connectivity index (χ2n) is 14.3. The summed E-state index contributed by atoms with van der Waals surface area (Å²) in [5, 5.41) is 15.5. The molecule has 1 fully saturated rings. The van der Waals surface area contributed by atoms with Crippen LogP contribution in [0.4, 0.5) is 11.4 Å². The number of fused-ring (bicyclic) bond motifs is 1. The molecule has 1 saturated heterocycles. The average molecular weight is 801 g/mol. The molecule has 294 valence electrons. The van der Waals surface area contributed by atoms with E-state index in [2.05, 4.69) is 53.1 Å². The molecule has 6 aromatic rings. The number of aliphatic hydroxyl groups excluding tert-OH is 1. The van der Waals surface area contributed by atoms with E-state index in [0.29, 0.717) is 37.2 Å². The standard InChI is InChI=1S/C46H48N4O5S2/c47-38-12-5-6-13-39(38)49-44(53)17-4-2-1-3-16-43(52)48-28-32-10-9-11-36(26-32)33-22-24-35(25-23-33)45-54-37(27-41(55-45)34-20-18-31(29-51)19-21-34)30-56-46-50-40-14-7-8-15-42(40)57-46/h5-15,18-26,37,41,45,51H,1-4,16-17,27-30,47H2,(H,48,52)(H,49,53)/t37-,41+,45+/m0/s1. The molecule has 0 radical (unpaired) electrons. The van der Waals surface area contributed by atoms with E-state index in [1.807, 2.05) is 66.7 Å². The normalized spacial score (nSPS) is 16.7. The van der Waals surface area contributed by atoms with Crippen molar-refractivity contribution < 1.29 is 24.2 Å². The zero-order valence-electron chi connectivity index (χ0n) is 31.8. The Balaban J connectivity index is 0.898. The number of carbonyl (C=O) groups excluding carboxylic acids is 2. The number of para-hydroxylation sites is 3. The monoisotopic (exact) mass is 800 g/mol. The van der Waals surface area contributed by atoms with Gasteiger partial charge in [0, 0.05) is 37.1 Å². The molecule has 5 aromatic carbocycles. The van der Waals surface area contributed by atoms with Crippen LogP contribution < -0.4 is 16.4 Å². The molecule has 9 nitrogen and oxygen atoms in total. The molecule has 1 aliphatic heterocycles. The van der Waals surface area contributed by atoms with Crippen molar-refractivity contribution in [1.29, 1.82) is 0 Å². The van der Waals surface area contributed by atoms with Gasteiger partial charge in [0.1, 0.15) is 0 Å². The van der Waals surface area contributed by atoms with Crippen molar-refractivity contribution in [3.8, 4) is 11.1 Å². The van der Waals surface area contributed by atoms with Crippen LogP contribution in [0.3, 0.4) is 0 Å². The van der Waals surface area contributed by atoms with Gasteiger partial charge >= 0.3 is 0 Å². The molecule has 0 saturated carbocycles. The third kappa shape index (κ3) is 11.3. The Hall–Kier alpha value is -5.04. The Morgan fingerprint density at radius 1 is 0.772 bits per heavy atom. The van der Waals surface area contributed by atoms with Crippen LogP contribution in [0.15, 0.2) is 126 Å². The Morgan fingerprint density at radius 2 is 1.51 bits per heavy atom. The highest BCUT2D eigenvalue weighted by atomic mass is 32.2. The Morgan fingerprint density at radius 3 is 2.28 bits per heavy atom. The van der Waals surface area contributed by atoms with Crippen molar-refractivity contribution in [2.75, 3.05) is 16.8 Å². The number of nitrogens with one attached hydrogen (secondary N) is 2. The van der Waals surface area contributed by atoms with Crippen LogP contribution in [-0.2, 0) is 32.2 Å². The second-order valence-corrected chi connectivity index (χ2v) is 16.6. The molecule has 57 heavy (non-hydrogen) atoms. The van der Waals surface area contributed by atoms with Crippen LogP contribution in [0.5, 0.6) is 0 Å². The zero-order chi connectivity index (χ0) is 39.4. The van der Waals surface area contributed by atoms with Crippen LogP contribution in [0.1, 0.15) is 79.6 Å². The SMILES string of the molecule is Nc1ccccc1NC(=O)CCCCCCC(=O)NCc1cccc(-c2ccc([C@@H]3O[C@H](CSc4nc5ccccc5s4)C[C@H](c4ccc(CO)cc4)O3)cc2)c1. The summed E-state index contributed by atoms with van der Waals surface area (Å²) in [4.78, 5) is 29.7. The van der Waals surface area contributed by atoms with Gasteiger partial charge in [-0.05, 0) is 71.0 Å². The first kappa shape index (κ1) is 40.2. The Bertz CT molecular complexity index is 2210. The van der Waals surface area contributed by atoms with Gasteiger partial charge in [-0.2, -0.15) is 0 Å². The van der Waals surface area contributed by atoms with E-state index >= 15 is 0 Å². The van der Waals surface area contributed by atoms with Crippen molar-refractivity contribution in [3.05, 3.63) is 144 Å². The Kier molecular flexibility index (Phi) is 14.0. The molecule has 0 bridgehead atoms. The van der Waals surface area contributed by atoms with Crippen LogP contribution in [-0.4, -0.2) is 33.8 Å². The number of thiazole rings is 1. The fourth-order valence-corrected chi connectivity index (χ4v) is 8.94. The summed E-state index contributed by atoms with van der Waals surface area (Å²) < 4.78 is 15.4. The average Bonchev–Trinajstić information content (AvgIpc) is 3.68. The summed E-state index contributed by atoms with van der Waals surface area (Å²) in [5.41, 5.74) is 14.1. The van der Waals surface area contributed by atoms with Gasteiger partial charge in [-0.1, -0.05) is 116 Å². The number of anilines is 2. The number of aliphatic hydroxyl groups is 1. The van der Waals surface area contributed by atoms with Gasteiger partial charge in [-0.15, -0.1) is 11.3 Å². The van der Waals surface area contributed by atoms with E-state index in [1.165, 1.54) is 4.70 Å². The first-order valence-corrected chi connectivity index (χ1v) is 21.3. The number of amides is 2. The summed E-state index contributed by atoms with van der Waals surface area (Å²) in [6.07, 6.45) is 4.13. The van der Waals surface area contributed by atoms with E-state index in [1.54, 1.807) is 35.2 Å². The molecule has 3 atom stereocenters. The zero-order valence-corrected chi connectivity index (χ0v) is 33.4. The highest BCUT2D eigenvalue weighted by molar-refractivity contribution is 8.01. The number of thioether (sulfide) groups is 1. The lowest BCUT2D eigenvalue weighted by Crippen LogP contribution is -2.31. The maximum Gasteiger partial charge on any atom is 0.224 e. The van der Waals surface area contributed by atoms with E-state index < -0.39 is 6.29 Å². The predicted octanol–water partition coefficient (Wildman–Crippen LogP) is 9.97. The molecule has 2 amide bonds. The summed E-state index contributed by atoms with van der Waals surface area (Å²) in [6, 6.07) is 39.9. The van der Waals surface area contributed by atoms with Crippen molar-refractivity contribution in [2.24, 2.45) is 0 Å². The number of unbranched alkanes of at least 4 members (excludes halogenated alkanes) is 3. The summed E-state index contributed by atoms with van der Waals surface area (Å²) >= 11 is 3.42. The number of hydrogen-bond acceptors (Lipinski definition) is 9. The number of rotatable bonds is 17. The number of carbonyl (C=O) groups is 2. The van der Waals surface area contributed by atoms with Gasteiger partial charge in [0.25, 0.3) is 0 Å². The van der Waals surface area contributed by atoms with E-state index in [9.17, 15) is 14.7 Å². The summed E-state index contributed by atoms with van der Waals surface area (Å²) in [7, 11) is 0. The van der Waals surface area contributed by atoms with Crippen LogP contribution in [0, 0.1) is 0 Å². The first-order chi connectivity index (χ1) is 27.9. The summed E-state index contributed by atoms with van der Waals surface area (Å²) in [5.74, 6) is 0.722. The van der Waals surface area contributed by atoms with Gasteiger partial charge in [0.05, 0.1) is 40.4 Å². The van der Waals surface area contributed by atoms with Crippen LogP contribution in [0.25, 0.3) is 21.3 Å². The minimum atomic E-state index is -0.545. The van der Waals surface area contributed by atoms with Gasteiger partial charge in [-0.3, -0.25) is 9.59 Å². The van der Waals surface area contributed by atoms with Crippen molar-refractivity contribution in [3.63, 3.8) is 0 Å². The number of benzene rings is 5. The second kappa shape index (κ2) is 19.9. The largest absolute Gasteiger partial charge is 0.397 e. The number of aromatic nitrogens is 1. The molecule has 0 spiro atoms. The molecule has 1 aromatic heterocycles. The maximum absolute atomic E-state index is 12.6. The Labute approximate surface area is 342 Å². The number of nitrogens with two attached hydrogens (primary N) is 1. The van der Waals surface area contributed by atoms with Crippen molar-refractivity contribution >= 4 is 56.5 Å². The molecular formula is C46H48N4O5S2. The number of nitrogen functional groups attached to an aromatic ring is 1. The quantitative estimate of drug-likeness (QED) is 0.0407. The lowest BCUT2D eigenvalue weighted by atomic mass is 9.99. The topological polar surface area (TPSA) is 136 Å². The lowest BCUT2D eigenvalue weighted by molar-refractivity contribution is -0.245. The van der Waals surface area contributed by atoms with Crippen molar-refractivity contribution in [2.45, 2.75) is 80.9 Å². The molecule has 1 aliphatic rings. The van der Waals surface area contributed by atoms with E-state index in [0.717, 1.165) is 74.7 Å². The van der Waals surface area contributed by atoms with E-state index in [4.69, 9.17) is 20.2 Å². The first-order valence-electron chi connectivity index (χ1n) is 19.5. The third-order valence-corrected chi connectivity index (χ3v) is 12.3. The molecule has 0 unspecified atom stereocenters. The molecule has 0 aliphatic carbocycles. The fourth-order valence-electron chi connectivity index (χ4n) is 6.83. The predicted molar refractivity (Wildman–Crippen MR) is 230 cm³/mol. The van der Waals surface area contributed by atoms with Gasteiger partial charge < -0.3 is 30.9 Å². The summed E-state index contributed by atoms with van der Waals surface area (Å²) in [6.45, 7) is 0.454. The highest BCUT2D eigenvalue weighted by Gasteiger charge is 2.32. The smallest absolute Gasteiger partial charge is 0.224 e.